The van der Waals surface area contributed by atoms with Gasteiger partial charge in [-0.1, -0.05) is 36.4 Å². The van der Waals surface area contributed by atoms with E-state index in [9.17, 15) is 9.59 Å². The number of hydrogen-bond acceptors (Lipinski definition) is 6. The van der Waals surface area contributed by atoms with Gasteiger partial charge in [-0.25, -0.2) is 9.67 Å². The number of benzene rings is 1. The van der Waals surface area contributed by atoms with E-state index < -0.39 is 6.04 Å². The maximum atomic E-state index is 13.4. The van der Waals surface area contributed by atoms with E-state index in [1.54, 1.807) is 42.1 Å². The molecule has 3 heterocycles. The van der Waals surface area contributed by atoms with Crippen molar-refractivity contribution in [1.82, 2.24) is 20.1 Å². The SMILES string of the molecule is Cc1cc(C(=O)NC(CC(=O)OC(C)C)c2ccccc2)c2cnn(Cc3cccs3)c2n1. The molecule has 4 aromatic rings. The number of carbonyl (C=O) groups is 2. The molecule has 3 aromatic heterocycles. The number of ether oxygens (including phenoxy) is 1. The zero-order chi connectivity index (χ0) is 23.4. The third-order valence-electron chi connectivity index (χ3n) is 5.11. The second-order valence-corrected chi connectivity index (χ2v) is 9.14. The molecular weight excluding hydrogens is 436 g/mol. The fraction of sp³-hybridized carbons (Fsp3) is 0.280. The molecule has 0 fully saturated rings. The summed E-state index contributed by atoms with van der Waals surface area (Å²) in [5.41, 5.74) is 2.69. The first kappa shape index (κ1) is 22.7. The highest BCUT2D eigenvalue weighted by Gasteiger charge is 2.23. The summed E-state index contributed by atoms with van der Waals surface area (Å²) in [5, 5.41) is 10.2. The lowest BCUT2D eigenvalue weighted by molar-refractivity contribution is -0.147. The highest BCUT2D eigenvalue weighted by atomic mass is 32.1. The Balaban J connectivity index is 1.63. The van der Waals surface area contributed by atoms with Gasteiger partial charge in [0.25, 0.3) is 5.91 Å². The number of amides is 1. The number of fused-ring (bicyclic) bond motifs is 1. The van der Waals surface area contributed by atoms with Crippen LogP contribution < -0.4 is 5.32 Å². The van der Waals surface area contributed by atoms with Crippen LogP contribution >= 0.6 is 11.3 Å². The van der Waals surface area contributed by atoms with Gasteiger partial charge in [0.2, 0.25) is 0 Å². The zero-order valence-electron chi connectivity index (χ0n) is 18.8. The van der Waals surface area contributed by atoms with Crippen molar-refractivity contribution in [2.24, 2.45) is 0 Å². The van der Waals surface area contributed by atoms with Gasteiger partial charge < -0.3 is 10.1 Å². The first-order chi connectivity index (χ1) is 15.9. The van der Waals surface area contributed by atoms with Crippen molar-refractivity contribution < 1.29 is 14.3 Å². The van der Waals surface area contributed by atoms with E-state index in [-0.39, 0.29) is 24.4 Å². The summed E-state index contributed by atoms with van der Waals surface area (Å²) < 4.78 is 7.12. The molecule has 1 aromatic carbocycles. The van der Waals surface area contributed by atoms with Crippen LogP contribution in [0.25, 0.3) is 11.0 Å². The molecule has 4 rings (SSSR count). The highest BCUT2D eigenvalue weighted by Crippen LogP contribution is 2.23. The van der Waals surface area contributed by atoms with Crippen LogP contribution in [0, 0.1) is 6.92 Å². The fourth-order valence-electron chi connectivity index (χ4n) is 3.68. The molecule has 0 spiro atoms. The summed E-state index contributed by atoms with van der Waals surface area (Å²) in [6.45, 7) is 6.05. The Bertz CT molecular complexity index is 1250. The largest absolute Gasteiger partial charge is 0.463 e. The van der Waals surface area contributed by atoms with Gasteiger partial charge in [-0.2, -0.15) is 5.10 Å². The Morgan fingerprint density at radius 1 is 1.15 bits per heavy atom. The van der Waals surface area contributed by atoms with E-state index in [1.807, 2.05) is 54.8 Å². The summed E-state index contributed by atoms with van der Waals surface area (Å²) in [5.74, 6) is -0.647. The number of nitrogens with one attached hydrogen (secondary N) is 1. The predicted molar refractivity (Wildman–Crippen MR) is 128 cm³/mol. The second-order valence-electron chi connectivity index (χ2n) is 8.11. The minimum Gasteiger partial charge on any atom is -0.463 e. The van der Waals surface area contributed by atoms with E-state index in [4.69, 9.17) is 4.74 Å². The van der Waals surface area contributed by atoms with Crippen molar-refractivity contribution in [3.8, 4) is 0 Å². The van der Waals surface area contributed by atoms with E-state index >= 15 is 0 Å². The van der Waals surface area contributed by atoms with Gasteiger partial charge in [0.1, 0.15) is 0 Å². The normalized spacial score (nSPS) is 12.1. The van der Waals surface area contributed by atoms with Gasteiger partial charge >= 0.3 is 5.97 Å². The lowest BCUT2D eigenvalue weighted by Gasteiger charge is -2.20. The topological polar surface area (TPSA) is 86.1 Å². The van der Waals surface area contributed by atoms with Crippen LogP contribution in [-0.2, 0) is 16.1 Å². The quantitative estimate of drug-likeness (QED) is 0.385. The first-order valence-corrected chi connectivity index (χ1v) is 11.7. The molecule has 0 aliphatic rings. The lowest BCUT2D eigenvalue weighted by atomic mass is 10.0. The minimum absolute atomic E-state index is 0.0405. The number of carbonyl (C=O) groups excluding carboxylic acids is 2. The number of rotatable bonds is 8. The third-order valence-corrected chi connectivity index (χ3v) is 5.97. The fourth-order valence-corrected chi connectivity index (χ4v) is 4.36. The number of hydrogen-bond donors (Lipinski definition) is 1. The van der Waals surface area contributed by atoms with Gasteiger partial charge in [0.05, 0.1) is 42.3 Å². The Morgan fingerprint density at radius 3 is 2.64 bits per heavy atom. The summed E-state index contributed by atoms with van der Waals surface area (Å²) in [4.78, 5) is 31.6. The van der Waals surface area contributed by atoms with Crippen LogP contribution in [0.15, 0.2) is 60.1 Å². The molecule has 0 saturated carbocycles. The van der Waals surface area contributed by atoms with Gasteiger partial charge in [-0.05, 0) is 43.8 Å². The van der Waals surface area contributed by atoms with Crippen molar-refractivity contribution in [1.29, 1.82) is 0 Å². The van der Waals surface area contributed by atoms with Gasteiger partial charge in [0.15, 0.2) is 5.65 Å². The summed E-state index contributed by atoms with van der Waals surface area (Å²) >= 11 is 1.65. The number of pyridine rings is 1. The standard InChI is InChI=1S/C25H26N4O3S/c1-16(2)32-23(30)13-22(18-8-5-4-6-9-18)28-25(31)20-12-17(3)27-24-21(20)14-26-29(24)15-19-10-7-11-33-19/h4-12,14,16,22H,13,15H2,1-3H3,(H,28,31). The maximum absolute atomic E-state index is 13.4. The van der Waals surface area contributed by atoms with Crippen LogP contribution in [0.1, 0.15) is 52.8 Å². The van der Waals surface area contributed by atoms with Gasteiger partial charge in [0, 0.05) is 10.6 Å². The van der Waals surface area contributed by atoms with E-state index in [1.165, 1.54) is 0 Å². The molecule has 8 heteroatoms. The molecule has 0 saturated heterocycles. The summed E-state index contributed by atoms with van der Waals surface area (Å²) in [6.07, 6.45) is 1.49. The minimum atomic E-state index is -0.519. The maximum Gasteiger partial charge on any atom is 0.308 e. The molecule has 1 atom stereocenters. The smallest absolute Gasteiger partial charge is 0.308 e. The van der Waals surface area contributed by atoms with Crippen molar-refractivity contribution in [3.63, 3.8) is 0 Å². The first-order valence-electron chi connectivity index (χ1n) is 10.8. The average molecular weight is 463 g/mol. The Labute approximate surface area is 196 Å². The molecule has 1 N–H and O–H groups in total. The number of thiophene rings is 1. The monoisotopic (exact) mass is 462 g/mol. The zero-order valence-corrected chi connectivity index (χ0v) is 19.6. The molecule has 1 amide bonds. The van der Waals surface area contributed by atoms with Gasteiger partial charge in [-0.3, -0.25) is 9.59 Å². The molecule has 0 radical (unpaired) electrons. The molecular formula is C25H26N4O3S. The Hall–Kier alpha value is -3.52. The van der Waals surface area contributed by atoms with E-state index in [0.717, 1.165) is 16.1 Å². The van der Waals surface area contributed by atoms with E-state index in [2.05, 4.69) is 15.4 Å². The number of aromatic nitrogens is 3. The predicted octanol–water partition coefficient (Wildman–Crippen LogP) is 4.66. The molecule has 1 unspecified atom stereocenters. The van der Waals surface area contributed by atoms with Crippen LogP contribution in [0.5, 0.6) is 0 Å². The van der Waals surface area contributed by atoms with Crippen molar-refractivity contribution in [2.45, 2.75) is 45.9 Å². The van der Waals surface area contributed by atoms with Crippen LogP contribution in [-0.4, -0.2) is 32.7 Å². The number of nitrogens with zero attached hydrogens (tertiary/aromatic N) is 3. The van der Waals surface area contributed by atoms with Crippen molar-refractivity contribution in [2.75, 3.05) is 0 Å². The van der Waals surface area contributed by atoms with Crippen LogP contribution in [0.2, 0.25) is 0 Å². The van der Waals surface area contributed by atoms with E-state index in [0.29, 0.717) is 23.1 Å². The van der Waals surface area contributed by atoms with Crippen LogP contribution in [0.3, 0.4) is 0 Å². The third kappa shape index (κ3) is 5.46. The average Bonchev–Trinajstić information content (AvgIpc) is 3.43. The van der Waals surface area contributed by atoms with Crippen molar-refractivity contribution in [3.05, 3.63) is 81.8 Å². The number of aryl methyl sites for hydroxylation is 1. The van der Waals surface area contributed by atoms with Crippen molar-refractivity contribution >= 4 is 34.2 Å². The summed E-state index contributed by atoms with van der Waals surface area (Å²) in [6, 6.07) is 14.7. The molecule has 0 bridgehead atoms. The number of esters is 1. The Morgan fingerprint density at radius 2 is 1.94 bits per heavy atom. The summed E-state index contributed by atoms with van der Waals surface area (Å²) in [7, 11) is 0. The van der Waals surface area contributed by atoms with Crippen LogP contribution in [0.4, 0.5) is 0 Å². The van der Waals surface area contributed by atoms with Gasteiger partial charge in [-0.15, -0.1) is 11.3 Å². The molecule has 7 nitrogen and oxygen atoms in total. The molecule has 0 aliphatic carbocycles. The molecule has 170 valence electrons. The lowest BCUT2D eigenvalue weighted by Crippen LogP contribution is -2.31. The second kappa shape index (κ2) is 9.95. The molecule has 33 heavy (non-hydrogen) atoms. The Kier molecular flexibility index (Phi) is 6.84. The molecule has 0 aliphatic heterocycles. The highest BCUT2D eigenvalue weighted by molar-refractivity contribution is 7.09.